The van der Waals surface area contributed by atoms with Crippen molar-refractivity contribution in [2.75, 3.05) is 23.9 Å². The smallest absolute Gasteiger partial charge is 0.0467 e. The summed E-state index contributed by atoms with van der Waals surface area (Å²) in [5.74, 6) is 0. The molecule has 0 saturated carbocycles. The molecule has 2 heteroatoms. The van der Waals surface area contributed by atoms with Gasteiger partial charge in [-0.25, -0.2) is 0 Å². The van der Waals surface area contributed by atoms with Crippen molar-refractivity contribution in [3.63, 3.8) is 0 Å². The highest BCUT2D eigenvalue weighted by Gasteiger charge is 2.19. The molecule has 0 spiro atoms. The van der Waals surface area contributed by atoms with E-state index in [1.165, 1.54) is 66.9 Å². The Morgan fingerprint density at radius 3 is 1.26 bits per heavy atom. The summed E-state index contributed by atoms with van der Waals surface area (Å²) in [6, 6.07) is 22.8. The van der Waals surface area contributed by atoms with E-state index >= 15 is 0 Å². The van der Waals surface area contributed by atoms with Gasteiger partial charge in [0.2, 0.25) is 0 Å². The lowest BCUT2D eigenvalue weighted by Crippen LogP contribution is -2.16. The van der Waals surface area contributed by atoms with Crippen molar-refractivity contribution in [1.29, 1.82) is 0 Å². The summed E-state index contributed by atoms with van der Waals surface area (Å²) < 4.78 is 0. The third-order valence-electron chi connectivity index (χ3n) is 7.25. The van der Waals surface area contributed by atoms with Crippen LogP contribution in [0, 0.1) is 34.6 Å². The predicted octanol–water partition coefficient (Wildman–Crippen LogP) is 9.22. The summed E-state index contributed by atoms with van der Waals surface area (Å²) in [5.41, 5.74) is 13.1. The molecule has 0 fully saturated rings. The van der Waals surface area contributed by atoms with Gasteiger partial charge in [-0.05, 0) is 103 Å². The molecule has 4 rings (SSSR count). The molecule has 0 radical (unpaired) electrons. The summed E-state index contributed by atoms with van der Waals surface area (Å²) >= 11 is 0. The SMILES string of the molecule is Cc1cc(C)c(N(C)c2ccc3cc(N(C)c4c(C)cc(C(C)(C)C)cc4C)ccc3c2)c(C)c1. The molecular formula is C33H40N2. The highest BCUT2D eigenvalue weighted by molar-refractivity contribution is 5.91. The van der Waals surface area contributed by atoms with Gasteiger partial charge in [0.1, 0.15) is 0 Å². The Hall–Kier alpha value is -3.26. The number of hydrogen-bond donors (Lipinski definition) is 0. The largest absolute Gasteiger partial charge is 0.344 e. The van der Waals surface area contributed by atoms with E-state index in [9.17, 15) is 0 Å². The summed E-state index contributed by atoms with van der Waals surface area (Å²) in [6.07, 6.45) is 0. The summed E-state index contributed by atoms with van der Waals surface area (Å²) in [5, 5.41) is 2.51. The molecule has 0 aliphatic heterocycles. The van der Waals surface area contributed by atoms with Crippen molar-refractivity contribution in [3.8, 4) is 0 Å². The monoisotopic (exact) mass is 464 g/mol. The van der Waals surface area contributed by atoms with E-state index in [1.54, 1.807) is 0 Å². The molecule has 4 aromatic carbocycles. The second-order valence-electron chi connectivity index (χ2n) is 11.3. The zero-order valence-corrected chi connectivity index (χ0v) is 23.2. The average molecular weight is 465 g/mol. The maximum Gasteiger partial charge on any atom is 0.0467 e. The van der Waals surface area contributed by atoms with Crippen molar-refractivity contribution in [1.82, 2.24) is 0 Å². The lowest BCUT2D eigenvalue weighted by atomic mass is 9.84. The normalized spacial score (nSPS) is 11.7. The van der Waals surface area contributed by atoms with Gasteiger partial charge in [0, 0.05) is 36.8 Å². The van der Waals surface area contributed by atoms with Gasteiger partial charge in [-0.1, -0.05) is 62.7 Å². The third-order valence-corrected chi connectivity index (χ3v) is 7.25. The Morgan fingerprint density at radius 2 is 0.886 bits per heavy atom. The fraction of sp³-hybridized carbons (Fsp3) is 0.333. The molecule has 0 aliphatic rings. The number of benzene rings is 4. The third kappa shape index (κ3) is 4.80. The maximum atomic E-state index is 2.34. The van der Waals surface area contributed by atoms with E-state index < -0.39 is 0 Å². The summed E-state index contributed by atoms with van der Waals surface area (Å²) in [4.78, 5) is 4.64. The first kappa shape index (κ1) is 24.9. The molecular weight excluding hydrogens is 424 g/mol. The summed E-state index contributed by atoms with van der Waals surface area (Å²) in [6.45, 7) is 17.9. The van der Waals surface area contributed by atoms with Crippen LogP contribution in [0.15, 0.2) is 60.7 Å². The Morgan fingerprint density at radius 1 is 0.514 bits per heavy atom. The van der Waals surface area contributed by atoms with Gasteiger partial charge in [-0.15, -0.1) is 0 Å². The van der Waals surface area contributed by atoms with Crippen LogP contribution in [0.5, 0.6) is 0 Å². The molecule has 0 saturated heterocycles. The van der Waals surface area contributed by atoms with Crippen molar-refractivity contribution in [3.05, 3.63) is 94.0 Å². The molecule has 4 aromatic rings. The van der Waals surface area contributed by atoms with Crippen LogP contribution in [-0.2, 0) is 5.41 Å². The molecule has 0 unspecified atom stereocenters. The number of aryl methyl sites for hydroxylation is 5. The van der Waals surface area contributed by atoms with Gasteiger partial charge < -0.3 is 9.80 Å². The first-order chi connectivity index (χ1) is 16.4. The summed E-state index contributed by atoms with van der Waals surface area (Å²) in [7, 11) is 4.35. The fourth-order valence-electron chi connectivity index (χ4n) is 5.52. The Labute approximate surface area is 212 Å². The minimum atomic E-state index is 0.149. The van der Waals surface area contributed by atoms with Crippen molar-refractivity contribution in [2.24, 2.45) is 0 Å². The van der Waals surface area contributed by atoms with Crippen LogP contribution in [-0.4, -0.2) is 14.1 Å². The standard InChI is InChI=1S/C33H40N2/c1-21-15-22(2)31(23(3)16-21)34(9)29-13-11-27-20-30(14-12-26(27)19-29)35(10)32-24(4)17-28(18-25(32)5)33(6,7)8/h11-20H,1-10H3. The minimum absolute atomic E-state index is 0.149. The Kier molecular flexibility index (Phi) is 6.44. The van der Waals surface area contributed by atoms with Crippen molar-refractivity contribution in [2.45, 2.75) is 60.8 Å². The van der Waals surface area contributed by atoms with Gasteiger partial charge in [0.25, 0.3) is 0 Å². The molecule has 2 nitrogen and oxygen atoms in total. The van der Waals surface area contributed by atoms with Gasteiger partial charge in [0.05, 0.1) is 0 Å². The molecule has 0 bridgehead atoms. The van der Waals surface area contributed by atoms with Crippen LogP contribution < -0.4 is 9.80 Å². The van der Waals surface area contributed by atoms with Crippen LogP contribution in [0.3, 0.4) is 0 Å². The number of hydrogen-bond acceptors (Lipinski definition) is 2. The topological polar surface area (TPSA) is 6.48 Å². The van der Waals surface area contributed by atoms with Crippen LogP contribution in [0.2, 0.25) is 0 Å². The van der Waals surface area contributed by atoms with Crippen molar-refractivity contribution >= 4 is 33.5 Å². The van der Waals surface area contributed by atoms with Crippen LogP contribution in [0.4, 0.5) is 22.7 Å². The van der Waals surface area contributed by atoms with E-state index in [0.717, 1.165) is 0 Å². The first-order valence-corrected chi connectivity index (χ1v) is 12.6. The highest BCUT2D eigenvalue weighted by Crippen LogP contribution is 2.37. The van der Waals surface area contributed by atoms with Gasteiger partial charge in [-0.2, -0.15) is 0 Å². The molecule has 35 heavy (non-hydrogen) atoms. The van der Waals surface area contributed by atoms with Gasteiger partial charge in [-0.3, -0.25) is 0 Å². The molecule has 0 heterocycles. The Balaban J connectivity index is 1.69. The van der Waals surface area contributed by atoms with Crippen LogP contribution >= 0.6 is 0 Å². The molecule has 0 amide bonds. The van der Waals surface area contributed by atoms with E-state index in [1.807, 2.05) is 0 Å². The van der Waals surface area contributed by atoms with E-state index in [0.29, 0.717) is 0 Å². The lowest BCUT2D eigenvalue weighted by Gasteiger charge is -2.28. The number of nitrogens with zero attached hydrogens (tertiary/aromatic N) is 2. The highest BCUT2D eigenvalue weighted by atomic mass is 15.1. The van der Waals surface area contributed by atoms with Crippen LogP contribution in [0.25, 0.3) is 10.8 Å². The fourth-order valence-corrected chi connectivity index (χ4v) is 5.52. The lowest BCUT2D eigenvalue weighted by molar-refractivity contribution is 0.589. The molecule has 0 aliphatic carbocycles. The first-order valence-electron chi connectivity index (χ1n) is 12.6. The van der Waals surface area contributed by atoms with Gasteiger partial charge in [0.15, 0.2) is 0 Å². The van der Waals surface area contributed by atoms with Crippen LogP contribution in [0.1, 0.15) is 54.2 Å². The Bertz CT molecular complexity index is 1360. The number of rotatable bonds is 4. The molecule has 182 valence electrons. The van der Waals surface area contributed by atoms with E-state index in [2.05, 4.69) is 140 Å². The van der Waals surface area contributed by atoms with Crippen molar-refractivity contribution < 1.29 is 0 Å². The van der Waals surface area contributed by atoms with E-state index in [4.69, 9.17) is 0 Å². The zero-order chi connectivity index (χ0) is 25.7. The molecule has 0 N–H and O–H groups in total. The quantitative estimate of drug-likeness (QED) is 0.297. The maximum absolute atomic E-state index is 2.34. The molecule has 0 atom stereocenters. The average Bonchev–Trinajstić information content (AvgIpc) is 2.76. The second-order valence-corrected chi connectivity index (χ2v) is 11.3. The van der Waals surface area contributed by atoms with Gasteiger partial charge >= 0.3 is 0 Å². The zero-order valence-electron chi connectivity index (χ0n) is 23.2. The number of fused-ring (bicyclic) bond motifs is 1. The predicted molar refractivity (Wildman–Crippen MR) is 155 cm³/mol. The number of anilines is 4. The second kappa shape index (κ2) is 9.07. The minimum Gasteiger partial charge on any atom is -0.344 e. The molecule has 0 aromatic heterocycles. The van der Waals surface area contributed by atoms with E-state index in [-0.39, 0.29) is 5.41 Å².